The van der Waals surface area contributed by atoms with Crippen molar-refractivity contribution in [1.29, 1.82) is 0 Å². The van der Waals surface area contributed by atoms with Crippen molar-refractivity contribution in [3.8, 4) is 11.4 Å². The quantitative estimate of drug-likeness (QED) is 0.401. The van der Waals surface area contributed by atoms with Crippen molar-refractivity contribution in [2.45, 2.75) is 6.18 Å². The molecule has 0 radical (unpaired) electrons. The van der Waals surface area contributed by atoms with Gasteiger partial charge in [-0.25, -0.2) is 4.57 Å². The summed E-state index contributed by atoms with van der Waals surface area (Å²) in [7, 11) is -3.64. The second-order valence-electron chi connectivity index (χ2n) is 5.15. The predicted octanol–water partition coefficient (Wildman–Crippen LogP) is 3.21. The molecule has 0 atom stereocenters. The highest BCUT2D eigenvalue weighted by Crippen LogP contribution is 2.31. The number of halogens is 4. The van der Waals surface area contributed by atoms with Gasteiger partial charge in [0, 0.05) is 0 Å². The summed E-state index contributed by atoms with van der Waals surface area (Å²) in [5.41, 5.74) is -0.214. The Balaban J connectivity index is 2.32. The van der Waals surface area contributed by atoms with E-state index >= 15 is 0 Å². The van der Waals surface area contributed by atoms with E-state index in [1.54, 1.807) is 18.2 Å². The fourth-order valence-corrected chi connectivity index (χ4v) is 3.45. The molecule has 0 unspecified atom stereocenters. The van der Waals surface area contributed by atoms with E-state index in [4.69, 9.17) is 0 Å². The van der Waals surface area contributed by atoms with Crippen molar-refractivity contribution < 1.29 is 30.0 Å². The van der Waals surface area contributed by atoms with Gasteiger partial charge in [-0.1, -0.05) is 20.0 Å². The van der Waals surface area contributed by atoms with Gasteiger partial charge < -0.3 is 0 Å². The number of alkyl halides is 3. The van der Waals surface area contributed by atoms with Crippen LogP contribution in [0.2, 0.25) is 0 Å². The molecule has 0 aliphatic rings. The molecule has 24 heavy (non-hydrogen) atoms. The Morgan fingerprint density at radius 2 is 1.58 bits per heavy atom. The number of nitrogens with zero attached hydrogens (tertiary/aromatic N) is 2. The number of para-hydroxylation sites is 2. The van der Waals surface area contributed by atoms with E-state index in [0.29, 0.717) is 9.49 Å². The molecule has 0 spiro atoms. The Morgan fingerprint density at radius 1 is 1.00 bits per heavy atom. The Kier molecular flexibility index (Phi) is 3.63. The Morgan fingerprint density at radius 3 is 2.12 bits per heavy atom. The molecule has 126 valence electrons. The number of hydrogen-bond donors (Lipinski definition) is 0. The molecule has 0 N–H and O–H groups in total. The van der Waals surface area contributed by atoms with Crippen LogP contribution in [0.15, 0.2) is 48.5 Å². The van der Waals surface area contributed by atoms with Gasteiger partial charge in [0.05, 0.1) is 18.2 Å². The third-order valence-corrected chi connectivity index (χ3v) is 4.47. The largest absolute Gasteiger partial charge is 0.481 e. The second kappa shape index (κ2) is 5.30. The third kappa shape index (κ3) is 2.64. The van der Waals surface area contributed by atoms with Gasteiger partial charge in [0.1, 0.15) is 0 Å². The van der Waals surface area contributed by atoms with Crippen molar-refractivity contribution in [3.63, 3.8) is 0 Å². The van der Waals surface area contributed by atoms with Gasteiger partial charge in [-0.15, -0.1) is 0 Å². The fourth-order valence-electron chi connectivity index (χ4n) is 2.62. The lowest BCUT2D eigenvalue weighted by molar-refractivity contribution is -0.633. The minimum Gasteiger partial charge on any atom is -0.225 e. The van der Waals surface area contributed by atoms with E-state index < -0.39 is 22.1 Å². The summed E-state index contributed by atoms with van der Waals surface area (Å²) in [6.07, 6.45) is -4.51. The van der Waals surface area contributed by atoms with E-state index in [9.17, 15) is 25.5 Å². The molecule has 3 aromatic rings. The van der Waals surface area contributed by atoms with Crippen LogP contribution in [0.5, 0.6) is 0 Å². The van der Waals surface area contributed by atoms with Crippen LogP contribution in [0, 0.1) is 0 Å². The molecule has 2 aromatic carbocycles. The SMILES string of the molecule is C[n+]1c(-c2ccc(C(F)(F)F)cc2)n(S(=O)(=O)F)c2ccccc21. The molecule has 0 fully saturated rings. The number of hydrogen-bond acceptors (Lipinski definition) is 2. The van der Waals surface area contributed by atoms with Crippen LogP contribution < -0.4 is 4.57 Å². The summed E-state index contributed by atoms with van der Waals surface area (Å²) in [5, 5.41) is 0. The molecule has 0 aliphatic heterocycles. The van der Waals surface area contributed by atoms with Gasteiger partial charge in [-0.05, 0) is 36.4 Å². The molecule has 9 heteroatoms. The number of aromatic nitrogens is 2. The standard InChI is InChI=1S/C15H11F4N2O2S/c1-20-12-4-2-3-5-13(12)21(24(19,22)23)14(20)10-6-8-11(9-7-10)15(16,17)18/h2-9H,1H3/q+1. The fraction of sp³-hybridized carbons (Fsp3) is 0.133. The molecule has 0 saturated heterocycles. The smallest absolute Gasteiger partial charge is 0.225 e. The van der Waals surface area contributed by atoms with Gasteiger partial charge >= 0.3 is 22.4 Å². The number of rotatable bonds is 2. The van der Waals surface area contributed by atoms with Crippen LogP contribution in [-0.2, 0) is 23.6 Å². The summed E-state index contributed by atoms with van der Waals surface area (Å²) in [4.78, 5) is 0. The van der Waals surface area contributed by atoms with Gasteiger partial charge in [-0.3, -0.25) is 0 Å². The maximum Gasteiger partial charge on any atom is 0.481 e. The summed E-state index contributed by atoms with van der Waals surface area (Å²) in [6.45, 7) is 0. The van der Waals surface area contributed by atoms with Crippen LogP contribution in [0.25, 0.3) is 22.4 Å². The van der Waals surface area contributed by atoms with Crippen LogP contribution in [0.4, 0.5) is 17.1 Å². The Hall–Kier alpha value is -2.42. The van der Waals surface area contributed by atoms with E-state index in [1.165, 1.54) is 17.7 Å². The van der Waals surface area contributed by atoms with E-state index in [2.05, 4.69) is 0 Å². The average molecular weight is 359 g/mol. The highest BCUT2D eigenvalue weighted by molar-refractivity contribution is 7.85. The third-order valence-electron chi connectivity index (χ3n) is 3.66. The molecule has 1 heterocycles. The lowest BCUT2D eigenvalue weighted by Gasteiger charge is -2.06. The van der Waals surface area contributed by atoms with Crippen LogP contribution in [0.1, 0.15) is 5.56 Å². The molecule has 0 bridgehead atoms. The Bertz CT molecular complexity index is 1020. The normalized spacial score (nSPS) is 12.7. The summed E-state index contributed by atoms with van der Waals surface area (Å²) in [5.74, 6) is -0.0765. The monoisotopic (exact) mass is 359 g/mol. The van der Waals surface area contributed by atoms with Crippen LogP contribution in [0.3, 0.4) is 0 Å². The second-order valence-corrected chi connectivity index (χ2v) is 6.34. The number of imidazole rings is 1. The van der Waals surface area contributed by atoms with Crippen molar-refractivity contribution >= 4 is 21.4 Å². The summed E-state index contributed by atoms with van der Waals surface area (Å²) in [6, 6.07) is 10.1. The van der Waals surface area contributed by atoms with E-state index in [1.807, 2.05) is 0 Å². The topological polar surface area (TPSA) is 43.0 Å². The first kappa shape index (κ1) is 16.4. The first-order chi connectivity index (χ1) is 11.1. The van der Waals surface area contributed by atoms with Crippen molar-refractivity contribution in [1.82, 2.24) is 3.97 Å². The van der Waals surface area contributed by atoms with Gasteiger partial charge in [0.2, 0.25) is 0 Å². The maximum atomic E-state index is 13.8. The molecule has 0 aliphatic carbocycles. The van der Waals surface area contributed by atoms with Gasteiger partial charge in [0.25, 0.3) is 0 Å². The summed E-state index contributed by atoms with van der Waals surface area (Å²) < 4.78 is 76.9. The van der Waals surface area contributed by atoms with E-state index in [0.717, 1.165) is 24.3 Å². The number of fused-ring (bicyclic) bond motifs is 1. The van der Waals surface area contributed by atoms with Crippen molar-refractivity contribution in [3.05, 3.63) is 54.1 Å². The van der Waals surface area contributed by atoms with E-state index in [-0.39, 0.29) is 16.9 Å². The number of benzene rings is 2. The molecular weight excluding hydrogens is 348 g/mol. The minimum absolute atomic E-state index is 0.0765. The zero-order valence-electron chi connectivity index (χ0n) is 12.2. The molecule has 0 saturated carbocycles. The van der Waals surface area contributed by atoms with Crippen molar-refractivity contribution in [2.75, 3.05) is 0 Å². The van der Waals surface area contributed by atoms with Gasteiger partial charge in [-0.2, -0.15) is 21.6 Å². The predicted molar refractivity (Wildman–Crippen MR) is 79.0 cm³/mol. The van der Waals surface area contributed by atoms with Crippen LogP contribution >= 0.6 is 0 Å². The first-order valence-electron chi connectivity index (χ1n) is 6.73. The molecule has 1 aromatic heterocycles. The summed E-state index contributed by atoms with van der Waals surface area (Å²) >= 11 is 0. The molecule has 0 amide bonds. The maximum absolute atomic E-state index is 13.8. The Labute approximate surface area is 134 Å². The molecule has 3 rings (SSSR count). The lowest BCUT2D eigenvalue weighted by atomic mass is 10.1. The minimum atomic E-state index is -5.15. The van der Waals surface area contributed by atoms with Crippen molar-refractivity contribution in [2.24, 2.45) is 7.05 Å². The number of aryl methyl sites for hydroxylation is 1. The van der Waals surface area contributed by atoms with Crippen LogP contribution in [-0.4, -0.2) is 12.4 Å². The first-order valence-corrected chi connectivity index (χ1v) is 8.07. The molecular formula is C15H11F4N2O2S+. The highest BCUT2D eigenvalue weighted by Gasteiger charge is 2.34. The zero-order chi connectivity index (χ0) is 17.7. The lowest BCUT2D eigenvalue weighted by Crippen LogP contribution is -2.31. The zero-order valence-corrected chi connectivity index (χ0v) is 13.1. The van der Waals surface area contributed by atoms with Gasteiger partial charge in [0.15, 0.2) is 11.0 Å². The average Bonchev–Trinajstić information content (AvgIpc) is 2.80. The highest BCUT2D eigenvalue weighted by atomic mass is 32.3. The molecule has 4 nitrogen and oxygen atoms in total.